The third kappa shape index (κ3) is 2.42. The van der Waals surface area contributed by atoms with E-state index >= 15 is 0 Å². The maximum Gasteiger partial charge on any atom is 0.165 e. The summed E-state index contributed by atoms with van der Waals surface area (Å²) in [5, 5.41) is 11.0. The molecular weight excluding hydrogens is 358 g/mol. The zero-order chi connectivity index (χ0) is 16.0. The summed E-state index contributed by atoms with van der Waals surface area (Å²) in [5.41, 5.74) is 10.1. The average molecular weight is 377 g/mol. The first kappa shape index (κ1) is 14.6. The van der Waals surface area contributed by atoms with Crippen LogP contribution in [0.5, 0.6) is 0 Å². The standard InChI is InChI=1S/C15H18BrN7/c1-22-8-10(6-19-22)11-7-20-23-14(17)12(16)13(21-15(11)23)9-3-2-4-18-5-9/h6-9,18H,2-5,17H2,1H3/p+1. The van der Waals surface area contributed by atoms with E-state index in [-0.39, 0.29) is 0 Å². The molecule has 0 saturated carbocycles. The van der Waals surface area contributed by atoms with E-state index in [1.54, 1.807) is 15.4 Å². The van der Waals surface area contributed by atoms with Crippen LogP contribution in [0.3, 0.4) is 0 Å². The fraction of sp³-hybridized carbons (Fsp3) is 0.400. The van der Waals surface area contributed by atoms with Crippen molar-refractivity contribution in [2.45, 2.75) is 18.8 Å². The van der Waals surface area contributed by atoms with Crippen LogP contribution >= 0.6 is 15.9 Å². The number of hydrogen-bond acceptors (Lipinski definition) is 4. The van der Waals surface area contributed by atoms with Crippen molar-refractivity contribution in [2.24, 2.45) is 7.05 Å². The zero-order valence-corrected chi connectivity index (χ0v) is 14.5. The van der Waals surface area contributed by atoms with E-state index in [1.165, 1.54) is 13.0 Å². The summed E-state index contributed by atoms with van der Waals surface area (Å²) in [4.78, 5) is 4.92. The number of nitrogen functional groups attached to an aromatic ring is 1. The van der Waals surface area contributed by atoms with Gasteiger partial charge >= 0.3 is 0 Å². The second kappa shape index (κ2) is 5.61. The van der Waals surface area contributed by atoms with Gasteiger partial charge in [0.05, 0.1) is 41.6 Å². The minimum absolute atomic E-state index is 0.419. The number of aromatic nitrogens is 5. The molecule has 1 atom stereocenters. The van der Waals surface area contributed by atoms with Gasteiger partial charge in [0, 0.05) is 24.4 Å². The van der Waals surface area contributed by atoms with Crippen LogP contribution in [0.1, 0.15) is 24.5 Å². The maximum atomic E-state index is 6.30. The Bertz CT molecular complexity index is 860. The number of nitrogens with two attached hydrogens (primary N) is 2. The fourth-order valence-corrected chi connectivity index (χ4v) is 3.82. The molecule has 0 amide bonds. The lowest BCUT2D eigenvalue weighted by atomic mass is 9.96. The number of piperidine rings is 1. The Balaban J connectivity index is 1.89. The molecule has 0 bridgehead atoms. The summed E-state index contributed by atoms with van der Waals surface area (Å²) in [6.07, 6.45) is 7.95. The largest absolute Gasteiger partial charge is 0.383 e. The molecule has 3 aromatic heterocycles. The van der Waals surface area contributed by atoms with Gasteiger partial charge in [-0.3, -0.25) is 4.68 Å². The normalized spacial score (nSPS) is 18.6. The van der Waals surface area contributed by atoms with E-state index in [4.69, 9.17) is 10.7 Å². The first-order valence-electron chi connectivity index (χ1n) is 7.78. The number of anilines is 1. The van der Waals surface area contributed by atoms with Crippen LogP contribution in [0, 0.1) is 0 Å². The van der Waals surface area contributed by atoms with Crippen molar-refractivity contribution in [1.82, 2.24) is 24.4 Å². The van der Waals surface area contributed by atoms with E-state index in [0.717, 1.165) is 39.9 Å². The van der Waals surface area contributed by atoms with Crippen molar-refractivity contribution in [3.05, 3.63) is 28.8 Å². The molecule has 1 saturated heterocycles. The lowest BCUT2D eigenvalue weighted by molar-refractivity contribution is -0.664. The molecule has 8 heteroatoms. The second-order valence-corrected chi connectivity index (χ2v) is 6.84. The van der Waals surface area contributed by atoms with Crippen LogP contribution in [-0.2, 0) is 7.05 Å². The van der Waals surface area contributed by atoms with Crippen LogP contribution in [0.4, 0.5) is 5.82 Å². The van der Waals surface area contributed by atoms with Crippen LogP contribution < -0.4 is 11.1 Å². The summed E-state index contributed by atoms with van der Waals surface area (Å²) >= 11 is 3.63. The average Bonchev–Trinajstić information content (AvgIpc) is 3.17. The minimum atomic E-state index is 0.419. The van der Waals surface area contributed by atoms with Gasteiger partial charge in [-0.05, 0) is 28.8 Å². The molecule has 1 aliphatic heterocycles. The molecule has 4 rings (SSSR count). The minimum Gasteiger partial charge on any atom is -0.383 e. The Hall–Kier alpha value is -1.93. The van der Waals surface area contributed by atoms with E-state index < -0.39 is 0 Å². The predicted molar refractivity (Wildman–Crippen MR) is 90.9 cm³/mol. The molecule has 0 spiro atoms. The highest BCUT2D eigenvalue weighted by molar-refractivity contribution is 9.10. The molecule has 4 N–H and O–H groups in total. The number of rotatable bonds is 2. The monoisotopic (exact) mass is 376 g/mol. The predicted octanol–water partition coefficient (Wildman–Crippen LogP) is 0.915. The van der Waals surface area contributed by atoms with Gasteiger partial charge in [-0.2, -0.15) is 14.7 Å². The summed E-state index contributed by atoms with van der Waals surface area (Å²) in [7, 11) is 1.90. The van der Waals surface area contributed by atoms with Gasteiger partial charge in [-0.1, -0.05) is 0 Å². The van der Waals surface area contributed by atoms with E-state index in [1.807, 2.05) is 19.4 Å². The Morgan fingerprint density at radius 3 is 2.91 bits per heavy atom. The van der Waals surface area contributed by atoms with Gasteiger partial charge in [0.2, 0.25) is 0 Å². The fourth-order valence-electron chi connectivity index (χ4n) is 3.24. The molecular formula is C15H19BrN7+. The lowest BCUT2D eigenvalue weighted by Gasteiger charge is -2.21. The lowest BCUT2D eigenvalue weighted by Crippen LogP contribution is -2.86. The van der Waals surface area contributed by atoms with E-state index in [2.05, 4.69) is 31.4 Å². The van der Waals surface area contributed by atoms with Crippen LogP contribution in [0.2, 0.25) is 0 Å². The quantitative estimate of drug-likeness (QED) is 0.695. The molecule has 0 aliphatic carbocycles. The topological polar surface area (TPSA) is 90.6 Å². The zero-order valence-electron chi connectivity index (χ0n) is 12.9. The molecule has 7 nitrogen and oxygen atoms in total. The molecule has 0 radical (unpaired) electrons. The van der Waals surface area contributed by atoms with E-state index in [0.29, 0.717) is 11.7 Å². The Morgan fingerprint density at radius 2 is 2.22 bits per heavy atom. The van der Waals surface area contributed by atoms with Crippen molar-refractivity contribution >= 4 is 27.4 Å². The van der Waals surface area contributed by atoms with Crippen molar-refractivity contribution in [3.8, 4) is 11.1 Å². The number of nitrogens with zero attached hydrogens (tertiary/aromatic N) is 5. The third-order valence-corrected chi connectivity index (χ3v) is 5.28. The Labute approximate surface area is 142 Å². The number of halogens is 1. The number of hydrogen-bond donors (Lipinski definition) is 2. The molecule has 1 aliphatic rings. The van der Waals surface area contributed by atoms with Gasteiger partial charge in [-0.15, -0.1) is 0 Å². The Kier molecular flexibility index (Phi) is 3.57. The summed E-state index contributed by atoms with van der Waals surface area (Å²) < 4.78 is 4.34. The van der Waals surface area contributed by atoms with Crippen molar-refractivity contribution in [3.63, 3.8) is 0 Å². The molecule has 0 aromatic carbocycles. The van der Waals surface area contributed by atoms with Crippen molar-refractivity contribution < 1.29 is 5.32 Å². The highest BCUT2D eigenvalue weighted by Gasteiger charge is 2.25. The number of aryl methyl sites for hydroxylation is 1. The molecule has 1 unspecified atom stereocenters. The first-order chi connectivity index (χ1) is 11.1. The SMILES string of the molecule is Cn1cc(-c2cnn3c(N)c(Br)c(C4CCC[NH2+]C4)nc23)cn1. The van der Waals surface area contributed by atoms with Gasteiger partial charge in [-0.25, -0.2) is 4.98 Å². The molecule has 4 heterocycles. The summed E-state index contributed by atoms with van der Waals surface area (Å²) in [5.74, 6) is 1.02. The van der Waals surface area contributed by atoms with Crippen LogP contribution in [-0.4, -0.2) is 37.5 Å². The number of quaternary nitrogens is 1. The number of fused-ring (bicyclic) bond motifs is 1. The highest BCUT2D eigenvalue weighted by Crippen LogP contribution is 2.34. The Morgan fingerprint density at radius 1 is 1.35 bits per heavy atom. The van der Waals surface area contributed by atoms with Crippen molar-refractivity contribution in [1.29, 1.82) is 0 Å². The van der Waals surface area contributed by atoms with Gasteiger partial charge < -0.3 is 11.1 Å². The van der Waals surface area contributed by atoms with Gasteiger partial charge in [0.1, 0.15) is 5.82 Å². The molecule has 3 aromatic rings. The van der Waals surface area contributed by atoms with Crippen LogP contribution in [0.25, 0.3) is 16.8 Å². The summed E-state index contributed by atoms with van der Waals surface area (Å²) in [6.45, 7) is 2.25. The maximum absolute atomic E-state index is 6.30. The summed E-state index contributed by atoms with van der Waals surface area (Å²) in [6, 6.07) is 0. The molecule has 120 valence electrons. The second-order valence-electron chi connectivity index (χ2n) is 6.04. The smallest absolute Gasteiger partial charge is 0.165 e. The molecule has 1 fully saturated rings. The first-order valence-corrected chi connectivity index (χ1v) is 8.57. The van der Waals surface area contributed by atoms with Gasteiger partial charge in [0.15, 0.2) is 5.65 Å². The van der Waals surface area contributed by atoms with Gasteiger partial charge in [0.25, 0.3) is 0 Å². The third-order valence-electron chi connectivity index (χ3n) is 4.46. The highest BCUT2D eigenvalue weighted by atomic mass is 79.9. The molecule has 23 heavy (non-hydrogen) atoms. The van der Waals surface area contributed by atoms with Crippen LogP contribution in [0.15, 0.2) is 23.1 Å². The van der Waals surface area contributed by atoms with Crippen molar-refractivity contribution in [2.75, 3.05) is 18.8 Å². The van der Waals surface area contributed by atoms with E-state index in [9.17, 15) is 0 Å².